The van der Waals surface area contributed by atoms with E-state index in [9.17, 15) is 4.39 Å². The van der Waals surface area contributed by atoms with Crippen LogP contribution in [0.25, 0.3) is 0 Å². The van der Waals surface area contributed by atoms with Crippen molar-refractivity contribution < 1.29 is 9.13 Å². The van der Waals surface area contributed by atoms with Gasteiger partial charge in [0.15, 0.2) is 0 Å². The second-order valence-corrected chi connectivity index (χ2v) is 4.83. The number of para-hydroxylation sites is 1. The fourth-order valence-electron chi connectivity index (χ4n) is 1.57. The summed E-state index contributed by atoms with van der Waals surface area (Å²) in [4.78, 5) is 0. The van der Waals surface area contributed by atoms with Gasteiger partial charge in [-0.1, -0.05) is 6.07 Å². The highest BCUT2D eigenvalue weighted by molar-refractivity contribution is 14.1. The van der Waals surface area contributed by atoms with Crippen molar-refractivity contribution in [1.29, 1.82) is 0 Å². The zero-order chi connectivity index (χ0) is 13.1. The lowest BCUT2D eigenvalue weighted by Gasteiger charge is -2.13. The van der Waals surface area contributed by atoms with Gasteiger partial charge in [0.05, 0.1) is 24.2 Å². The third-order valence-electron chi connectivity index (χ3n) is 2.49. The minimum Gasteiger partial charge on any atom is -0.495 e. The Morgan fingerprint density at radius 2 is 2.00 bits per heavy atom. The van der Waals surface area contributed by atoms with Crippen molar-refractivity contribution in [3.8, 4) is 5.75 Å². The molecule has 0 unspecified atom stereocenters. The second-order valence-electron chi connectivity index (χ2n) is 3.67. The molecule has 0 atom stereocenters. The Morgan fingerprint density at radius 1 is 1.22 bits per heavy atom. The monoisotopic (exact) mass is 358 g/mol. The first-order valence-corrected chi connectivity index (χ1v) is 6.34. The number of nitrogens with two attached hydrogens (primary N) is 1. The van der Waals surface area contributed by atoms with E-state index in [0.717, 1.165) is 14.9 Å². The number of rotatable bonds is 3. The van der Waals surface area contributed by atoms with Crippen molar-refractivity contribution in [3.05, 3.63) is 45.8 Å². The summed E-state index contributed by atoms with van der Waals surface area (Å²) in [5, 5.41) is 3.16. The van der Waals surface area contributed by atoms with Crippen molar-refractivity contribution in [2.45, 2.75) is 0 Å². The van der Waals surface area contributed by atoms with E-state index >= 15 is 0 Å². The van der Waals surface area contributed by atoms with Crippen LogP contribution in [0.15, 0.2) is 36.4 Å². The fourth-order valence-corrected chi connectivity index (χ4v) is 2.18. The van der Waals surface area contributed by atoms with Crippen molar-refractivity contribution in [1.82, 2.24) is 0 Å². The van der Waals surface area contributed by atoms with E-state index in [1.54, 1.807) is 19.2 Å². The molecule has 94 valence electrons. The molecule has 2 aromatic carbocycles. The largest absolute Gasteiger partial charge is 0.495 e. The molecule has 3 nitrogen and oxygen atoms in total. The van der Waals surface area contributed by atoms with E-state index in [4.69, 9.17) is 10.5 Å². The van der Waals surface area contributed by atoms with Gasteiger partial charge in [-0.25, -0.2) is 4.39 Å². The number of hydrogen-bond donors (Lipinski definition) is 2. The normalized spacial score (nSPS) is 10.2. The summed E-state index contributed by atoms with van der Waals surface area (Å²) in [5.41, 5.74) is 8.02. The molecule has 0 aromatic heterocycles. The molecule has 0 amide bonds. The summed E-state index contributed by atoms with van der Waals surface area (Å²) in [5.74, 6) is 0.348. The van der Waals surface area contributed by atoms with Crippen LogP contribution in [0.5, 0.6) is 5.75 Å². The number of halogens is 2. The smallest absolute Gasteiger partial charge is 0.143 e. The van der Waals surface area contributed by atoms with Crippen LogP contribution in [0.4, 0.5) is 21.5 Å². The first kappa shape index (κ1) is 12.9. The zero-order valence-corrected chi connectivity index (χ0v) is 11.9. The van der Waals surface area contributed by atoms with Gasteiger partial charge < -0.3 is 15.8 Å². The number of anilines is 3. The first-order chi connectivity index (χ1) is 8.61. The molecule has 0 aliphatic heterocycles. The maximum atomic E-state index is 13.0. The molecule has 0 fully saturated rings. The fraction of sp³-hybridized carbons (Fsp3) is 0.0769. The maximum absolute atomic E-state index is 13.0. The predicted molar refractivity (Wildman–Crippen MR) is 79.8 cm³/mol. The van der Waals surface area contributed by atoms with Crippen LogP contribution in [0, 0.1) is 9.39 Å². The molecule has 0 saturated carbocycles. The molecule has 18 heavy (non-hydrogen) atoms. The molecule has 3 N–H and O–H groups in total. The number of nitrogens with one attached hydrogen (secondary N) is 1. The van der Waals surface area contributed by atoms with Gasteiger partial charge in [0.2, 0.25) is 0 Å². The van der Waals surface area contributed by atoms with E-state index in [1.165, 1.54) is 12.1 Å². The van der Waals surface area contributed by atoms with Crippen molar-refractivity contribution in [3.63, 3.8) is 0 Å². The van der Waals surface area contributed by atoms with Crippen LogP contribution in [0.2, 0.25) is 0 Å². The van der Waals surface area contributed by atoms with Crippen molar-refractivity contribution in [2.75, 3.05) is 18.2 Å². The van der Waals surface area contributed by atoms with E-state index < -0.39 is 0 Å². The number of nitrogen functional groups attached to an aromatic ring is 1. The van der Waals surface area contributed by atoms with Crippen LogP contribution in [0.1, 0.15) is 0 Å². The summed E-state index contributed by atoms with van der Waals surface area (Å²) in [6.07, 6.45) is 0. The van der Waals surface area contributed by atoms with Crippen LogP contribution < -0.4 is 15.8 Å². The Kier molecular flexibility index (Phi) is 3.90. The SMILES string of the molecule is COc1cccc(Nc2ccc(F)cc2I)c1N. The minimum atomic E-state index is -0.261. The van der Waals surface area contributed by atoms with Gasteiger partial charge in [0, 0.05) is 3.57 Å². The third kappa shape index (κ3) is 2.66. The van der Waals surface area contributed by atoms with E-state index in [0.29, 0.717) is 11.4 Å². The van der Waals surface area contributed by atoms with Gasteiger partial charge in [-0.2, -0.15) is 0 Å². The highest BCUT2D eigenvalue weighted by Gasteiger charge is 2.07. The van der Waals surface area contributed by atoms with Crippen molar-refractivity contribution >= 4 is 39.7 Å². The summed E-state index contributed by atoms with van der Waals surface area (Å²) in [7, 11) is 1.57. The molecule has 0 bridgehead atoms. The van der Waals surface area contributed by atoms with Crippen molar-refractivity contribution in [2.24, 2.45) is 0 Å². The number of ether oxygens (including phenoxy) is 1. The standard InChI is InChI=1S/C13H12FIN2O/c1-18-12-4-2-3-11(13(12)16)17-10-6-5-8(14)7-9(10)15/h2-7,17H,16H2,1H3. The number of benzene rings is 2. The quantitative estimate of drug-likeness (QED) is 0.649. The molecule has 0 spiro atoms. The van der Waals surface area contributed by atoms with Gasteiger partial charge in [-0.05, 0) is 52.9 Å². The Balaban J connectivity index is 2.34. The average Bonchev–Trinajstić information content (AvgIpc) is 2.35. The molecule has 0 heterocycles. The molecule has 0 aliphatic carbocycles. The molecule has 0 saturated heterocycles. The highest BCUT2D eigenvalue weighted by atomic mass is 127. The summed E-state index contributed by atoms with van der Waals surface area (Å²) < 4.78 is 18.9. The Bertz CT molecular complexity index is 575. The Labute approximate surface area is 118 Å². The van der Waals surface area contributed by atoms with Gasteiger partial charge in [-0.3, -0.25) is 0 Å². The molecular formula is C13H12FIN2O. The lowest BCUT2D eigenvalue weighted by molar-refractivity contribution is 0.417. The minimum absolute atomic E-state index is 0.261. The second kappa shape index (κ2) is 5.43. The molecule has 5 heteroatoms. The average molecular weight is 358 g/mol. The molecule has 0 aliphatic rings. The van der Waals surface area contributed by atoms with Crippen LogP contribution in [0.3, 0.4) is 0 Å². The number of methoxy groups -OCH3 is 1. The van der Waals surface area contributed by atoms with E-state index in [-0.39, 0.29) is 5.82 Å². The number of hydrogen-bond acceptors (Lipinski definition) is 3. The van der Waals surface area contributed by atoms with Crippen LogP contribution >= 0.6 is 22.6 Å². The third-order valence-corrected chi connectivity index (χ3v) is 3.38. The van der Waals surface area contributed by atoms with Gasteiger partial charge >= 0.3 is 0 Å². The lowest BCUT2D eigenvalue weighted by Crippen LogP contribution is -2.00. The molecule has 2 aromatic rings. The highest BCUT2D eigenvalue weighted by Crippen LogP contribution is 2.32. The van der Waals surface area contributed by atoms with Gasteiger partial charge in [0.1, 0.15) is 11.6 Å². The summed E-state index contributed by atoms with van der Waals surface area (Å²) in [6, 6.07) is 10.0. The van der Waals surface area contributed by atoms with Gasteiger partial charge in [0.25, 0.3) is 0 Å². The predicted octanol–water partition coefficient (Wildman–Crippen LogP) is 3.76. The topological polar surface area (TPSA) is 47.3 Å². The maximum Gasteiger partial charge on any atom is 0.143 e. The zero-order valence-electron chi connectivity index (χ0n) is 9.71. The van der Waals surface area contributed by atoms with Crippen LogP contribution in [-0.4, -0.2) is 7.11 Å². The first-order valence-electron chi connectivity index (χ1n) is 5.26. The Morgan fingerprint density at radius 3 is 2.67 bits per heavy atom. The van der Waals surface area contributed by atoms with Crippen LogP contribution in [-0.2, 0) is 0 Å². The molecule has 0 radical (unpaired) electrons. The summed E-state index contributed by atoms with van der Waals surface area (Å²) >= 11 is 2.07. The Hall–Kier alpha value is -1.50. The van der Waals surface area contributed by atoms with Gasteiger partial charge in [-0.15, -0.1) is 0 Å². The summed E-state index contributed by atoms with van der Waals surface area (Å²) in [6.45, 7) is 0. The van der Waals surface area contributed by atoms with E-state index in [2.05, 4.69) is 27.9 Å². The van der Waals surface area contributed by atoms with E-state index in [1.807, 2.05) is 12.1 Å². The molecular weight excluding hydrogens is 346 g/mol. The molecule has 2 rings (SSSR count). The lowest BCUT2D eigenvalue weighted by atomic mass is 10.2.